The highest BCUT2D eigenvalue weighted by molar-refractivity contribution is 5.90. The Bertz CT molecular complexity index is 314. The average Bonchev–Trinajstić information content (AvgIpc) is 2.74. The SMILES string of the molecule is NC(=O)c1cncn1[C@H]1CCNC1. The van der Waals surface area contributed by atoms with E-state index in [0.29, 0.717) is 11.7 Å². The molecule has 1 saturated heterocycles. The van der Waals surface area contributed by atoms with Crippen LogP contribution in [0.5, 0.6) is 0 Å². The topological polar surface area (TPSA) is 72.9 Å². The van der Waals surface area contributed by atoms with Crippen LogP contribution in [-0.4, -0.2) is 28.5 Å². The second kappa shape index (κ2) is 3.18. The number of rotatable bonds is 2. The lowest BCUT2D eigenvalue weighted by Crippen LogP contribution is -2.21. The molecule has 1 aromatic rings. The van der Waals surface area contributed by atoms with Crippen molar-refractivity contribution in [1.82, 2.24) is 14.9 Å². The van der Waals surface area contributed by atoms with Crippen molar-refractivity contribution in [3.05, 3.63) is 18.2 Å². The number of carbonyl (C=O) groups excluding carboxylic acids is 1. The molecule has 1 fully saturated rings. The van der Waals surface area contributed by atoms with Crippen LogP contribution in [0.25, 0.3) is 0 Å². The normalized spacial score (nSPS) is 22.0. The largest absolute Gasteiger partial charge is 0.364 e. The van der Waals surface area contributed by atoms with Crippen LogP contribution in [0.2, 0.25) is 0 Å². The first-order valence-corrected chi connectivity index (χ1v) is 4.31. The van der Waals surface area contributed by atoms with Gasteiger partial charge in [-0.2, -0.15) is 0 Å². The van der Waals surface area contributed by atoms with Crippen LogP contribution in [0.4, 0.5) is 0 Å². The van der Waals surface area contributed by atoms with Crippen molar-refractivity contribution in [3.8, 4) is 0 Å². The maximum atomic E-state index is 11.0. The van der Waals surface area contributed by atoms with Gasteiger partial charge in [0.15, 0.2) is 0 Å². The predicted octanol–water partition coefficient (Wildman–Crippen LogP) is -0.484. The second-order valence-electron chi connectivity index (χ2n) is 3.20. The smallest absolute Gasteiger partial charge is 0.266 e. The molecule has 3 N–H and O–H groups in total. The van der Waals surface area contributed by atoms with Crippen LogP contribution in [0, 0.1) is 0 Å². The van der Waals surface area contributed by atoms with Crippen molar-refractivity contribution in [2.75, 3.05) is 13.1 Å². The van der Waals surface area contributed by atoms with Gasteiger partial charge in [-0.25, -0.2) is 4.98 Å². The molecule has 1 amide bonds. The van der Waals surface area contributed by atoms with Crippen LogP contribution < -0.4 is 11.1 Å². The molecular formula is C8H12N4O. The summed E-state index contributed by atoms with van der Waals surface area (Å²) in [5.41, 5.74) is 5.70. The monoisotopic (exact) mass is 180 g/mol. The quantitative estimate of drug-likeness (QED) is 0.645. The Hall–Kier alpha value is -1.36. The number of nitrogens with one attached hydrogen (secondary N) is 1. The Labute approximate surface area is 75.9 Å². The van der Waals surface area contributed by atoms with Gasteiger partial charge in [0.25, 0.3) is 5.91 Å². The molecule has 2 heterocycles. The maximum Gasteiger partial charge on any atom is 0.266 e. The highest BCUT2D eigenvalue weighted by Crippen LogP contribution is 2.16. The Balaban J connectivity index is 2.28. The lowest BCUT2D eigenvalue weighted by molar-refractivity contribution is 0.0989. The van der Waals surface area contributed by atoms with E-state index in [0.717, 1.165) is 19.5 Å². The van der Waals surface area contributed by atoms with Crippen molar-refractivity contribution in [2.24, 2.45) is 5.73 Å². The number of nitrogens with zero attached hydrogens (tertiary/aromatic N) is 2. The molecule has 0 saturated carbocycles. The average molecular weight is 180 g/mol. The Morgan fingerprint density at radius 1 is 1.77 bits per heavy atom. The Morgan fingerprint density at radius 2 is 2.62 bits per heavy atom. The van der Waals surface area contributed by atoms with Gasteiger partial charge in [0.2, 0.25) is 0 Å². The van der Waals surface area contributed by atoms with Crippen molar-refractivity contribution >= 4 is 5.91 Å². The zero-order valence-electron chi connectivity index (χ0n) is 7.23. The van der Waals surface area contributed by atoms with Crippen molar-refractivity contribution < 1.29 is 4.79 Å². The summed E-state index contributed by atoms with van der Waals surface area (Å²) in [6.07, 6.45) is 4.20. The summed E-state index contributed by atoms with van der Waals surface area (Å²) in [5.74, 6) is -0.413. The van der Waals surface area contributed by atoms with Gasteiger partial charge in [-0.3, -0.25) is 4.79 Å². The summed E-state index contributed by atoms with van der Waals surface area (Å²) < 4.78 is 1.85. The van der Waals surface area contributed by atoms with E-state index < -0.39 is 5.91 Å². The number of hydrogen-bond donors (Lipinski definition) is 2. The molecule has 2 rings (SSSR count). The number of imidazole rings is 1. The molecule has 1 aromatic heterocycles. The van der Waals surface area contributed by atoms with Crippen LogP contribution in [0.15, 0.2) is 12.5 Å². The number of carbonyl (C=O) groups is 1. The van der Waals surface area contributed by atoms with E-state index in [1.807, 2.05) is 4.57 Å². The van der Waals surface area contributed by atoms with Crippen LogP contribution in [-0.2, 0) is 0 Å². The first kappa shape index (κ1) is 8.25. The number of amides is 1. The lowest BCUT2D eigenvalue weighted by Gasteiger charge is -2.11. The molecule has 1 atom stereocenters. The number of hydrogen-bond acceptors (Lipinski definition) is 3. The molecule has 0 bridgehead atoms. The van der Waals surface area contributed by atoms with E-state index in [9.17, 15) is 4.79 Å². The minimum atomic E-state index is -0.413. The molecule has 0 unspecified atom stereocenters. The second-order valence-corrected chi connectivity index (χ2v) is 3.20. The zero-order valence-corrected chi connectivity index (χ0v) is 7.23. The first-order valence-electron chi connectivity index (χ1n) is 4.31. The van der Waals surface area contributed by atoms with E-state index in [2.05, 4.69) is 10.3 Å². The van der Waals surface area contributed by atoms with Gasteiger partial charge in [0.05, 0.1) is 12.5 Å². The van der Waals surface area contributed by atoms with E-state index in [1.54, 1.807) is 6.33 Å². The van der Waals surface area contributed by atoms with Crippen molar-refractivity contribution in [2.45, 2.75) is 12.5 Å². The highest BCUT2D eigenvalue weighted by atomic mass is 16.1. The summed E-state index contributed by atoms with van der Waals surface area (Å²) in [4.78, 5) is 14.9. The van der Waals surface area contributed by atoms with E-state index in [-0.39, 0.29) is 0 Å². The summed E-state index contributed by atoms with van der Waals surface area (Å²) in [6, 6.07) is 0.324. The lowest BCUT2D eigenvalue weighted by atomic mass is 10.2. The third-order valence-electron chi connectivity index (χ3n) is 2.35. The Morgan fingerprint density at radius 3 is 3.23 bits per heavy atom. The fourth-order valence-corrected chi connectivity index (χ4v) is 1.66. The molecule has 5 heteroatoms. The van der Waals surface area contributed by atoms with Gasteiger partial charge in [0.1, 0.15) is 5.69 Å². The van der Waals surface area contributed by atoms with E-state index in [4.69, 9.17) is 5.73 Å². The van der Waals surface area contributed by atoms with Crippen LogP contribution in [0.3, 0.4) is 0 Å². The molecule has 1 aliphatic heterocycles. The van der Waals surface area contributed by atoms with Gasteiger partial charge >= 0.3 is 0 Å². The number of primary amides is 1. The molecule has 13 heavy (non-hydrogen) atoms. The Kier molecular flexibility index (Phi) is 2.02. The predicted molar refractivity (Wildman–Crippen MR) is 47.3 cm³/mol. The molecule has 5 nitrogen and oxygen atoms in total. The standard InChI is InChI=1S/C8H12N4O/c9-8(13)7-4-11-5-12(7)6-1-2-10-3-6/h4-6,10H,1-3H2,(H2,9,13)/t6-/m0/s1. The minimum Gasteiger partial charge on any atom is -0.364 e. The van der Waals surface area contributed by atoms with Gasteiger partial charge in [-0.05, 0) is 13.0 Å². The third-order valence-corrected chi connectivity index (χ3v) is 2.35. The minimum absolute atomic E-state index is 0.324. The molecular weight excluding hydrogens is 168 g/mol. The van der Waals surface area contributed by atoms with E-state index in [1.165, 1.54) is 6.20 Å². The maximum absolute atomic E-state index is 11.0. The van der Waals surface area contributed by atoms with Gasteiger partial charge in [-0.15, -0.1) is 0 Å². The van der Waals surface area contributed by atoms with Crippen molar-refractivity contribution in [3.63, 3.8) is 0 Å². The van der Waals surface area contributed by atoms with Crippen molar-refractivity contribution in [1.29, 1.82) is 0 Å². The third kappa shape index (κ3) is 1.42. The van der Waals surface area contributed by atoms with Gasteiger partial charge in [-0.1, -0.05) is 0 Å². The molecule has 0 aromatic carbocycles. The van der Waals surface area contributed by atoms with Gasteiger partial charge < -0.3 is 15.6 Å². The number of aromatic nitrogens is 2. The molecule has 0 radical (unpaired) electrons. The molecule has 1 aliphatic rings. The summed E-state index contributed by atoms with van der Waals surface area (Å²) in [5, 5.41) is 3.23. The van der Waals surface area contributed by atoms with E-state index >= 15 is 0 Å². The van der Waals surface area contributed by atoms with Crippen LogP contribution >= 0.6 is 0 Å². The summed E-state index contributed by atoms with van der Waals surface area (Å²) in [7, 11) is 0. The summed E-state index contributed by atoms with van der Waals surface area (Å²) >= 11 is 0. The fraction of sp³-hybridized carbons (Fsp3) is 0.500. The van der Waals surface area contributed by atoms with Gasteiger partial charge in [0, 0.05) is 12.6 Å². The summed E-state index contributed by atoms with van der Waals surface area (Å²) in [6.45, 7) is 1.87. The van der Waals surface area contributed by atoms with Crippen LogP contribution in [0.1, 0.15) is 23.0 Å². The fourth-order valence-electron chi connectivity index (χ4n) is 1.66. The molecule has 0 aliphatic carbocycles. The molecule has 70 valence electrons. The number of nitrogens with two attached hydrogens (primary N) is 1. The highest BCUT2D eigenvalue weighted by Gasteiger charge is 2.20. The zero-order chi connectivity index (χ0) is 9.26. The first-order chi connectivity index (χ1) is 6.29. The molecule has 0 spiro atoms.